The topological polar surface area (TPSA) is 38.0 Å². The SMILES string of the molecule is Cc1cc(C)c(C(NN)c2ccc(Cl)cc2F)cc1C. The molecule has 0 radical (unpaired) electrons. The molecule has 1 atom stereocenters. The molecule has 4 heteroatoms. The fourth-order valence-corrected chi connectivity index (χ4v) is 2.54. The highest BCUT2D eigenvalue weighted by atomic mass is 35.5. The van der Waals surface area contributed by atoms with Gasteiger partial charge in [-0.15, -0.1) is 0 Å². The van der Waals surface area contributed by atoms with Gasteiger partial charge in [0.1, 0.15) is 5.82 Å². The Morgan fingerprint density at radius 3 is 2.25 bits per heavy atom. The van der Waals surface area contributed by atoms with Crippen LogP contribution in [0.4, 0.5) is 4.39 Å². The molecule has 0 heterocycles. The second-order valence-electron chi connectivity index (χ2n) is 5.06. The van der Waals surface area contributed by atoms with Crippen LogP contribution in [-0.4, -0.2) is 0 Å². The molecule has 0 bridgehead atoms. The highest BCUT2D eigenvalue weighted by Crippen LogP contribution is 2.29. The van der Waals surface area contributed by atoms with Gasteiger partial charge in [-0.2, -0.15) is 0 Å². The Bertz CT molecular complexity index is 641. The summed E-state index contributed by atoms with van der Waals surface area (Å²) in [6.07, 6.45) is 0. The number of hydrazine groups is 1. The van der Waals surface area contributed by atoms with Crippen molar-refractivity contribution in [2.45, 2.75) is 26.8 Å². The first-order valence-corrected chi connectivity index (χ1v) is 6.80. The lowest BCUT2D eigenvalue weighted by Crippen LogP contribution is -2.30. The maximum absolute atomic E-state index is 14.1. The van der Waals surface area contributed by atoms with Crippen molar-refractivity contribution in [1.82, 2.24) is 5.43 Å². The smallest absolute Gasteiger partial charge is 0.129 e. The molecule has 2 rings (SSSR count). The molecule has 2 aromatic rings. The predicted octanol–water partition coefficient (Wildman–Crippen LogP) is 3.96. The summed E-state index contributed by atoms with van der Waals surface area (Å²) in [4.78, 5) is 0. The molecular formula is C16H18ClFN2. The third-order valence-corrected chi connectivity index (χ3v) is 3.87. The molecule has 0 fully saturated rings. The van der Waals surface area contributed by atoms with Gasteiger partial charge in [-0.3, -0.25) is 5.84 Å². The number of halogens is 2. The molecule has 0 aliphatic rings. The zero-order valence-electron chi connectivity index (χ0n) is 11.8. The molecule has 0 amide bonds. The van der Waals surface area contributed by atoms with E-state index in [1.165, 1.54) is 11.6 Å². The number of rotatable bonds is 3. The Balaban J connectivity index is 2.55. The van der Waals surface area contributed by atoms with Crippen LogP contribution < -0.4 is 11.3 Å². The molecule has 3 N–H and O–H groups in total. The number of nitrogens with two attached hydrogens (primary N) is 1. The zero-order chi connectivity index (χ0) is 14.9. The van der Waals surface area contributed by atoms with E-state index in [2.05, 4.69) is 18.4 Å². The third-order valence-electron chi connectivity index (χ3n) is 3.63. The van der Waals surface area contributed by atoms with Gasteiger partial charge in [0.05, 0.1) is 6.04 Å². The van der Waals surface area contributed by atoms with Crippen LogP contribution >= 0.6 is 11.6 Å². The van der Waals surface area contributed by atoms with Crippen LogP contribution in [0.2, 0.25) is 5.02 Å². The Labute approximate surface area is 123 Å². The van der Waals surface area contributed by atoms with Crippen molar-refractivity contribution < 1.29 is 4.39 Å². The summed E-state index contributed by atoms with van der Waals surface area (Å²) < 4.78 is 14.1. The quantitative estimate of drug-likeness (QED) is 0.664. The van der Waals surface area contributed by atoms with Crippen LogP contribution in [0.3, 0.4) is 0 Å². The van der Waals surface area contributed by atoms with Gasteiger partial charge in [-0.05, 0) is 55.2 Å². The Morgan fingerprint density at radius 1 is 1.00 bits per heavy atom. The third kappa shape index (κ3) is 2.85. The highest BCUT2D eigenvalue weighted by molar-refractivity contribution is 6.30. The van der Waals surface area contributed by atoms with Crippen LogP contribution in [0.1, 0.15) is 33.9 Å². The fourth-order valence-electron chi connectivity index (χ4n) is 2.38. The van der Waals surface area contributed by atoms with Crippen molar-refractivity contribution in [2.75, 3.05) is 0 Å². The van der Waals surface area contributed by atoms with Crippen LogP contribution in [0.15, 0.2) is 30.3 Å². The van der Waals surface area contributed by atoms with Crippen molar-refractivity contribution in [2.24, 2.45) is 5.84 Å². The average Bonchev–Trinajstić information content (AvgIpc) is 2.38. The van der Waals surface area contributed by atoms with E-state index in [4.69, 9.17) is 17.4 Å². The Morgan fingerprint density at radius 2 is 1.65 bits per heavy atom. The molecule has 0 saturated carbocycles. The van der Waals surface area contributed by atoms with Crippen LogP contribution in [-0.2, 0) is 0 Å². The molecule has 0 aliphatic carbocycles. The number of nitrogens with one attached hydrogen (secondary N) is 1. The van der Waals surface area contributed by atoms with Gasteiger partial charge in [0.15, 0.2) is 0 Å². The second-order valence-corrected chi connectivity index (χ2v) is 5.50. The summed E-state index contributed by atoms with van der Waals surface area (Å²) in [6.45, 7) is 6.09. The molecule has 0 saturated heterocycles. The molecule has 1 unspecified atom stereocenters. The summed E-state index contributed by atoms with van der Waals surface area (Å²) in [7, 11) is 0. The number of hydrogen-bond acceptors (Lipinski definition) is 2. The van der Waals surface area contributed by atoms with E-state index in [-0.39, 0.29) is 5.82 Å². The van der Waals surface area contributed by atoms with Gasteiger partial charge in [0, 0.05) is 10.6 Å². The number of benzene rings is 2. The maximum Gasteiger partial charge on any atom is 0.129 e. The molecule has 106 valence electrons. The molecule has 2 aromatic carbocycles. The standard InChI is InChI=1S/C16H18ClFN2/c1-9-6-11(3)14(7-10(9)2)16(20-19)13-5-4-12(17)8-15(13)18/h4-8,16,20H,19H2,1-3H3. The minimum Gasteiger partial charge on any atom is -0.271 e. The Hall–Kier alpha value is -1.42. The zero-order valence-corrected chi connectivity index (χ0v) is 12.6. The largest absolute Gasteiger partial charge is 0.271 e. The van der Waals surface area contributed by atoms with Gasteiger partial charge < -0.3 is 0 Å². The minimum atomic E-state index is -0.397. The first-order chi connectivity index (χ1) is 9.43. The monoisotopic (exact) mass is 292 g/mol. The normalized spacial score (nSPS) is 12.5. The molecule has 20 heavy (non-hydrogen) atoms. The number of hydrogen-bond donors (Lipinski definition) is 2. The van der Waals surface area contributed by atoms with E-state index in [1.54, 1.807) is 12.1 Å². The van der Waals surface area contributed by atoms with Gasteiger partial charge in [0.25, 0.3) is 0 Å². The lowest BCUT2D eigenvalue weighted by atomic mass is 9.92. The van der Waals surface area contributed by atoms with Gasteiger partial charge in [-0.25, -0.2) is 9.82 Å². The predicted molar refractivity (Wildman–Crippen MR) is 81.2 cm³/mol. The Kier molecular flexibility index (Phi) is 4.43. The minimum absolute atomic E-state index is 0.363. The summed E-state index contributed by atoms with van der Waals surface area (Å²) >= 11 is 5.80. The molecule has 0 aromatic heterocycles. The van der Waals surface area contributed by atoms with Gasteiger partial charge in [0.2, 0.25) is 0 Å². The highest BCUT2D eigenvalue weighted by Gasteiger charge is 2.19. The first-order valence-electron chi connectivity index (χ1n) is 6.43. The summed E-state index contributed by atoms with van der Waals surface area (Å²) in [5.41, 5.74) is 7.59. The van der Waals surface area contributed by atoms with Crippen molar-refractivity contribution in [1.29, 1.82) is 0 Å². The van der Waals surface area contributed by atoms with E-state index < -0.39 is 6.04 Å². The van der Waals surface area contributed by atoms with Crippen molar-refractivity contribution in [3.05, 3.63) is 69.0 Å². The average molecular weight is 293 g/mol. The van der Waals surface area contributed by atoms with E-state index >= 15 is 0 Å². The van der Waals surface area contributed by atoms with Crippen LogP contribution in [0, 0.1) is 26.6 Å². The van der Waals surface area contributed by atoms with Crippen LogP contribution in [0.25, 0.3) is 0 Å². The molecule has 2 nitrogen and oxygen atoms in total. The maximum atomic E-state index is 14.1. The lowest BCUT2D eigenvalue weighted by molar-refractivity contribution is 0.559. The van der Waals surface area contributed by atoms with Gasteiger partial charge in [-0.1, -0.05) is 29.8 Å². The fraction of sp³-hybridized carbons (Fsp3) is 0.250. The van der Waals surface area contributed by atoms with E-state index in [1.807, 2.05) is 19.9 Å². The van der Waals surface area contributed by atoms with Crippen molar-refractivity contribution in [3.63, 3.8) is 0 Å². The number of aryl methyl sites for hydroxylation is 3. The lowest BCUT2D eigenvalue weighted by Gasteiger charge is -2.21. The van der Waals surface area contributed by atoms with E-state index in [0.29, 0.717) is 10.6 Å². The van der Waals surface area contributed by atoms with Crippen molar-refractivity contribution in [3.8, 4) is 0 Å². The summed E-state index contributed by atoms with van der Waals surface area (Å²) in [5, 5.41) is 0.374. The first kappa shape index (κ1) is 15.0. The van der Waals surface area contributed by atoms with E-state index in [0.717, 1.165) is 16.7 Å². The summed E-state index contributed by atoms with van der Waals surface area (Å²) in [6, 6.07) is 8.37. The second kappa shape index (κ2) is 5.92. The van der Waals surface area contributed by atoms with E-state index in [9.17, 15) is 4.39 Å². The molecular weight excluding hydrogens is 275 g/mol. The van der Waals surface area contributed by atoms with Crippen molar-refractivity contribution >= 4 is 11.6 Å². The van der Waals surface area contributed by atoms with Crippen LogP contribution in [0.5, 0.6) is 0 Å². The molecule has 0 spiro atoms. The molecule has 0 aliphatic heterocycles. The van der Waals surface area contributed by atoms with Gasteiger partial charge >= 0.3 is 0 Å². The summed E-state index contributed by atoms with van der Waals surface area (Å²) in [5.74, 6) is 5.29.